The summed E-state index contributed by atoms with van der Waals surface area (Å²) in [4.78, 5) is 12.8. The van der Waals surface area contributed by atoms with Gasteiger partial charge in [0.05, 0.1) is 24.0 Å². The standard InChI is InChI=1S/C19H22N2O4/c20-7-1-9-23-13-3-5-17-15(11-13)19(22)16-12-14(24-10-2-8-21)4-6-18(16)25-17/h3-6,11-12H,1-2,7-10,20-21H2. The highest BCUT2D eigenvalue weighted by Gasteiger charge is 2.10. The van der Waals surface area contributed by atoms with Crippen molar-refractivity contribution in [1.29, 1.82) is 0 Å². The van der Waals surface area contributed by atoms with Gasteiger partial charge in [0, 0.05) is 0 Å². The summed E-state index contributed by atoms with van der Waals surface area (Å²) >= 11 is 0. The summed E-state index contributed by atoms with van der Waals surface area (Å²) in [7, 11) is 0. The molecule has 0 atom stereocenters. The number of benzene rings is 2. The van der Waals surface area contributed by atoms with Crippen LogP contribution in [0.25, 0.3) is 21.9 Å². The molecule has 6 heteroatoms. The van der Waals surface area contributed by atoms with Crippen LogP contribution >= 0.6 is 0 Å². The molecule has 0 amide bonds. The highest BCUT2D eigenvalue weighted by atomic mass is 16.5. The van der Waals surface area contributed by atoms with Crippen molar-refractivity contribution in [3.8, 4) is 11.5 Å². The molecule has 4 N–H and O–H groups in total. The third-order valence-electron chi connectivity index (χ3n) is 3.85. The van der Waals surface area contributed by atoms with Crippen LogP contribution < -0.4 is 26.4 Å². The lowest BCUT2D eigenvalue weighted by Gasteiger charge is -2.08. The van der Waals surface area contributed by atoms with E-state index in [1.165, 1.54) is 0 Å². The van der Waals surface area contributed by atoms with E-state index in [1.807, 2.05) is 0 Å². The number of ether oxygens (including phenoxy) is 2. The largest absolute Gasteiger partial charge is 0.494 e. The minimum atomic E-state index is -0.107. The van der Waals surface area contributed by atoms with Crippen LogP contribution in [0.1, 0.15) is 12.8 Å². The molecule has 3 aromatic rings. The van der Waals surface area contributed by atoms with Gasteiger partial charge in [-0.1, -0.05) is 0 Å². The number of hydrogen-bond acceptors (Lipinski definition) is 6. The maximum Gasteiger partial charge on any atom is 0.200 e. The topological polar surface area (TPSA) is 101 Å². The molecule has 0 bridgehead atoms. The Morgan fingerprint density at radius 2 is 1.28 bits per heavy atom. The Morgan fingerprint density at radius 1 is 0.800 bits per heavy atom. The molecule has 0 unspecified atom stereocenters. The summed E-state index contributed by atoms with van der Waals surface area (Å²) in [6, 6.07) is 10.5. The number of rotatable bonds is 8. The van der Waals surface area contributed by atoms with E-state index in [0.717, 1.165) is 12.8 Å². The number of fused-ring (bicyclic) bond motifs is 2. The van der Waals surface area contributed by atoms with Gasteiger partial charge in [0.25, 0.3) is 0 Å². The van der Waals surface area contributed by atoms with Crippen LogP contribution in [0, 0.1) is 0 Å². The second kappa shape index (κ2) is 8.00. The van der Waals surface area contributed by atoms with E-state index in [4.69, 9.17) is 25.4 Å². The lowest BCUT2D eigenvalue weighted by molar-refractivity contribution is 0.313. The van der Waals surface area contributed by atoms with E-state index in [2.05, 4.69) is 0 Å². The minimum absolute atomic E-state index is 0.107. The molecule has 1 heterocycles. The first-order chi connectivity index (χ1) is 12.2. The van der Waals surface area contributed by atoms with Crippen LogP contribution in [0.2, 0.25) is 0 Å². The summed E-state index contributed by atoms with van der Waals surface area (Å²) < 4.78 is 17.1. The third-order valence-corrected chi connectivity index (χ3v) is 3.85. The Kier molecular flexibility index (Phi) is 5.53. The van der Waals surface area contributed by atoms with Crippen molar-refractivity contribution >= 4 is 21.9 Å². The van der Waals surface area contributed by atoms with E-state index in [1.54, 1.807) is 36.4 Å². The average Bonchev–Trinajstić information content (AvgIpc) is 2.63. The molecule has 132 valence electrons. The summed E-state index contributed by atoms with van der Waals surface area (Å²) in [5, 5.41) is 0.966. The van der Waals surface area contributed by atoms with Crippen molar-refractivity contribution in [2.45, 2.75) is 12.8 Å². The quantitative estimate of drug-likeness (QED) is 0.481. The summed E-state index contributed by atoms with van der Waals surface area (Å²) in [5.41, 5.74) is 11.9. The first-order valence-corrected chi connectivity index (χ1v) is 8.39. The molecule has 0 spiro atoms. The molecule has 3 rings (SSSR count). The monoisotopic (exact) mass is 342 g/mol. The molecule has 0 aliphatic heterocycles. The van der Waals surface area contributed by atoms with Crippen molar-refractivity contribution in [1.82, 2.24) is 0 Å². The van der Waals surface area contributed by atoms with Gasteiger partial charge in [-0.15, -0.1) is 0 Å². The molecule has 0 fully saturated rings. The van der Waals surface area contributed by atoms with Crippen LogP contribution in [0.3, 0.4) is 0 Å². The van der Waals surface area contributed by atoms with Gasteiger partial charge in [-0.05, 0) is 62.3 Å². The molecular weight excluding hydrogens is 320 g/mol. The number of hydrogen-bond donors (Lipinski definition) is 2. The summed E-state index contributed by atoms with van der Waals surface area (Å²) in [6.45, 7) is 2.15. The van der Waals surface area contributed by atoms with Gasteiger partial charge >= 0.3 is 0 Å². The van der Waals surface area contributed by atoms with E-state index in [-0.39, 0.29) is 5.43 Å². The molecule has 0 saturated heterocycles. The molecule has 25 heavy (non-hydrogen) atoms. The van der Waals surface area contributed by atoms with Gasteiger partial charge in [-0.2, -0.15) is 0 Å². The fraction of sp³-hybridized carbons (Fsp3) is 0.316. The van der Waals surface area contributed by atoms with Crippen molar-refractivity contribution in [3.63, 3.8) is 0 Å². The SMILES string of the molecule is NCCCOc1ccc2oc3ccc(OCCCN)cc3c(=O)c2c1. The van der Waals surface area contributed by atoms with Gasteiger partial charge in [-0.3, -0.25) is 4.79 Å². The maximum atomic E-state index is 12.8. The normalized spacial score (nSPS) is 11.1. The smallest absolute Gasteiger partial charge is 0.200 e. The Balaban J connectivity index is 1.97. The zero-order chi connectivity index (χ0) is 17.6. The van der Waals surface area contributed by atoms with Gasteiger partial charge in [0.2, 0.25) is 5.43 Å². The number of nitrogens with two attached hydrogens (primary N) is 2. The highest BCUT2D eigenvalue weighted by Crippen LogP contribution is 2.25. The summed E-state index contributed by atoms with van der Waals surface area (Å²) in [6.07, 6.45) is 1.52. The van der Waals surface area contributed by atoms with Crippen molar-refractivity contribution < 1.29 is 13.9 Å². The minimum Gasteiger partial charge on any atom is -0.494 e. The van der Waals surface area contributed by atoms with E-state index in [9.17, 15) is 4.79 Å². The molecule has 2 aromatic carbocycles. The molecule has 0 radical (unpaired) electrons. The van der Waals surface area contributed by atoms with Gasteiger partial charge in [-0.25, -0.2) is 0 Å². The molecule has 1 aromatic heterocycles. The van der Waals surface area contributed by atoms with E-state index < -0.39 is 0 Å². The molecular formula is C19H22N2O4. The van der Waals surface area contributed by atoms with Crippen LogP contribution in [-0.2, 0) is 0 Å². The van der Waals surface area contributed by atoms with Gasteiger partial charge in [0.1, 0.15) is 22.7 Å². The Hall–Kier alpha value is -2.57. The second-order valence-corrected chi connectivity index (χ2v) is 5.73. The maximum absolute atomic E-state index is 12.8. The van der Waals surface area contributed by atoms with E-state index in [0.29, 0.717) is 59.7 Å². The van der Waals surface area contributed by atoms with Gasteiger partial charge < -0.3 is 25.4 Å². The third kappa shape index (κ3) is 3.92. The molecule has 0 saturated carbocycles. The van der Waals surface area contributed by atoms with Crippen LogP contribution in [0.15, 0.2) is 45.6 Å². The fourth-order valence-corrected chi connectivity index (χ4v) is 2.54. The lowest BCUT2D eigenvalue weighted by atomic mass is 10.1. The Morgan fingerprint density at radius 3 is 1.72 bits per heavy atom. The molecule has 0 aliphatic rings. The molecule has 6 nitrogen and oxygen atoms in total. The van der Waals surface area contributed by atoms with Gasteiger partial charge in [0.15, 0.2) is 0 Å². The second-order valence-electron chi connectivity index (χ2n) is 5.73. The van der Waals surface area contributed by atoms with Crippen molar-refractivity contribution in [2.24, 2.45) is 11.5 Å². The van der Waals surface area contributed by atoms with Crippen LogP contribution in [-0.4, -0.2) is 26.3 Å². The van der Waals surface area contributed by atoms with Crippen LogP contribution in [0.4, 0.5) is 0 Å². The lowest BCUT2D eigenvalue weighted by Crippen LogP contribution is -2.07. The summed E-state index contributed by atoms with van der Waals surface area (Å²) in [5.74, 6) is 1.26. The van der Waals surface area contributed by atoms with E-state index >= 15 is 0 Å². The Bertz CT molecular complexity index is 849. The zero-order valence-electron chi connectivity index (χ0n) is 14.0. The highest BCUT2D eigenvalue weighted by molar-refractivity contribution is 5.90. The zero-order valence-corrected chi connectivity index (χ0v) is 14.0. The van der Waals surface area contributed by atoms with Crippen molar-refractivity contribution in [3.05, 3.63) is 46.6 Å². The van der Waals surface area contributed by atoms with Crippen molar-refractivity contribution in [2.75, 3.05) is 26.3 Å². The Labute approximate surface area is 145 Å². The first-order valence-electron chi connectivity index (χ1n) is 8.39. The molecule has 0 aliphatic carbocycles. The predicted molar refractivity (Wildman–Crippen MR) is 98.3 cm³/mol. The van der Waals surface area contributed by atoms with Crippen LogP contribution in [0.5, 0.6) is 11.5 Å². The predicted octanol–water partition coefficient (Wildman–Crippen LogP) is 2.40. The first kappa shape index (κ1) is 17.3. The fourth-order valence-electron chi connectivity index (χ4n) is 2.54. The average molecular weight is 342 g/mol.